The van der Waals surface area contributed by atoms with Crippen LogP contribution in [0.5, 0.6) is 0 Å². The van der Waals surface area contributed by atoms with E-state index in [2.05, 4.69) is 0 Å². The zero-order valence-electron chi connectivity index (χ0n) is 7.53. The normalized spacial score (nSPS) is 26.2. The molecule has 0 amide bonds. The molecule has 0 aromatic rings. The van der Waals surface area contributed by atoms with Crippen LogP contribution in [0.2, 0.25) is 0 Å². The van der Waals surface area contributed by atoms with Gasteiger partial charge in [0.2, 0.25) is 0 Å². The van der Waals surface area contributed by atoms with E-state index in [-0.39, 0.29) is 0 Å². The van der Waals surface area contributed by atoms with Crippen LogP contribution < -0.4 is 0 Å². The van der Waals surface area contributed by atoms with Crippen molar-refractivity contribution in [2.24, 2.45) is 5.41 Å². The summed E-state index contributed by atoms with van der Waals surface area (Å²) >= 11 is 0. The van der Waals surface area contributed by atoms with E-state index in [4.69, 9.17) is 0 Å². The van der Waals surface area contributed by atoms with E-state index in [0.29, 0.717) is 29.8 Å². The molecule has 0 aromatic heterocycles. The number of hydrogen-bond acceptors (Lipinski definition) is 0. The third kappa shape index (κ3) is 2.29. The Kier molecular flexibility index (Phi) is 1.97. The summed E-state index contributed by atoms with van der Waals surface area (Å²) in [5.41, 5.74) is 1.11. The van der Waals surface area contributed by atoms with Gasteiger partial charge < -0.3 is 12.9 Å². The molecule has 0 nitrogen and oxygen atoms in total. The van der Waals surface area contributed by atoms with Gasteiger partial charge >= 0.3 is 6.98 Å². The highest BCUT2D eigenvalue weighted by Crippen LogP contribution is 2.57. The fourth-order valence-electron chi connectivity index (χ4n) is 2.21. The molecule has 0 heterocycles. The SMILES string of the molecule is F[B-](F)(F)C=C1CCC2(CC1)CC2. The lowest BCUT2D eigenvalue weighted by Crippen LogP contribution is -2.15. The van der Waals surface area contributed by atoms with Crippen molar-refractivity contribution in [1.82, 2.24) is 0 Å². The Morgan fingerprint density at radius 3 is 1.92 bits per heavy atom. The van der Waals surface area contributed by atoms with Crippen LogP contribution in [0.25, 0.3) is 0 Å². The Morgan fingerprint density at radius 2 is 1.54 bits per heavy atom. The quantitative estimate of drug-likeness (QED) is 0.552. The Morgan fingerprint density at radius 1 is 1.00 bits per heavy atom. The Hall–Kier alpha value is -0.405. The molecule has 13 heavy (non-hydrogen) atoms. The molecule has 0 unspecified atom stereocenters. The van der Waals surface area contributed by atoms with E-state index in [0.717, 1.165) is 12.8 Å². The average Bonchev–Trinajstić information content (AvgIpc) is 2.73. The highest BCUT2D eigenvalue weighted by Gasteiger charge is 2.43. The molecule has 0 aromatic carbocycles. The van der Waals surface area contributed by atoms with Crippen molar-refractivity contribution in [3.05, 3.63) is 11.5 Å². The lowest BCUT2D eigenvalue weighted by molar-refractivity contribution is 0.385. The first-order valence-corrected chi connectivity index (χ1v) is 4.90. The second kappa shape index (κ2) is 2.79. The molecule has 0 aliphatic heterocycles. The van der Waals surface area contributed by atoms with Crippen molar-refractivity contribution < 1.29 is 12.9 Å². The van der Waals surface area contributed by atoms with Gasteiger partial charge in [-0.1, -0.05) is 0 Å². The summed E-state index contributed by atoms with van der Waals surface area (Å²) in [4.78, 5) is 0. The van der Waals surface area contributed by atoms with Crippen LogP contribution in [0.4, 0.5) is 12.9 Å². The molecular formula is C9H13BF3-. The first-order chi connectivity index (χ1) is 5.99. The highest BCUT2D eigenvalue weighted by atomic mass is 19.4. The third-order valence-electron chi connectivity index (χ3n) is 3.33. The molecule has 74 valence electrons. The van der Waals surface area contributed by atoms with Crippen LogP contribution in [-0.2, 0) is 0 Å². The summed E-state index contributed by atoms with van der Waals surface area (Å²) in [6.45, 7) is -4.70. The van der Waals surface area contributed by atoms with Crippen LogP contribution in [0.15, 0.2) is 11.5 Å². The van der Waals surface area contributed by atoms with E-state index in [1.54, 1.807) is 0 Å². The molecule has 0 N–H and O–H groups in total. The molecule has 2 aliphatic rings. The van der Waals surface area contributed by atoms with Gasteiger partial charge in [0, 0.05) is 0 Å². The third-order valence-corrected chi connectivity index (χ3v) is 3.33. The minimum Gasteiger partial charge on any atom is -0.445 e. The second-order valence-corrected chi connectivity index (χ2v) is 4.45. The van der Waals surface area contributed by atoms with Gasteiger partial charge in [0.1, 0.15) is 0 Å². The predicted molar refractivity (Wildman–Crippen MR) is 47.3 cm³/mol. The molecule has 2 saturated carbocycles. The molecule has 2 rings (SSSR count). The number of rotatable bonds is 1. The summed E-state index contributed by atoms with van der Waals surface area (Å²) in [5.74, 6) is 0.565. The topological polar surface area (TPSA) is 0 Å². The summed E-state index contributed by atoms with van der Waals surface area (Å²) < 4.78 is 36.1. The average molecular weight is 189 g/mol. The molecular weight excluding hydrogens is 176 g/mol. The zero-order valence-corrected chi connectivity index (χ0v) is 7.53. The Balaban J connectivity index is 1.94. The highest BCUT2D eigenvalue weighted by molar-refractivity contribution is 6.64. The van der Waals surface area contributed by atoms with Gasteiger partial charge in [-0.05, 0) is 43.9 Å². The van der Waals surface area contributed by atoms with Gasteiger partial charge in [0.05, 0.1) is 0 Å². The van der Waals surface area contributed by atoms with Crippen molar-refractivity contribution in [2.45, 2.75) is 38.5 Å². The largest absolute Gasteiger partial charge is 0.502 e. The fraction of sp³-hybridized carbons (Fsp3) is 0.778. The van der Waals surface area contributed by atoms with Gasteiger partial charge in [-0.25, -0.2) is 0 Å². The smallest absolute Gasteiger partial charge is 0.445 e. The van der Waals surface area contributed by atoms with Gasteiger partial charge in [-0.2, -0.15) is 0 Å². The predicted octanol–water partition coefficient (Wildman–Crippen LogP) is 3.65. The number of hydrogen-bond donors (Lipinski definition) is 0. The molecule has 4 heteroatoms. The van der Waals surface area contributed by atoms with E-state index < -0.39 is 6.98 Å². The zero-order chi connectivity index (χ0) is 9.53. The monoisotopic (exact) mass is 189 g/mol. The van der Waals surface area contributed by atoms with E-state index in [1.807, 2.05) is 0 Å². The first kappa shape index (κ1) is 9.16. The fourth-order valence-corrected chi connectivity index (χ4v) is 2.21. The summed E-state index contributed by atoms with van der Waals surface area (Å²) in [5, 5.41) is 0. The summed E-state index contributed by atoms with van der Waals surface area (Å²) in [7, 11) is 0. The van der Waals surface area contributed by atoms with Gasteiger partial charge in [-0.3, -0.25) is 0 Å². The maximum atomic E-state index is 12.0. The van der Waals surface area contributed by atoms with Crippen LogP contribution >= 0.6 is 0 Å². The minimum atomic E-state index is -4.70. The lowest BCUT2D eigenvalue weighted by Gasteiger charge is -2.25. The van der Waals surface area contributed by atoms with Crippen LogP contribution in [-0.4, -0.2) is 6.98 Å². The number of halogens is 3. The molecule has 2 fully saturated rings. The molecule has 0 atom stereocenters. The maximum absolute atomic E-state index is 12.0. The molecule has 1 spiro atoms. The van der Waals surface area contributed by atoms with Crippen molar-refractivity contribution in [3.8, 4) is 0 Å². The molecule has 2 aliphatic carbocycles. The Labute approximate surface area is 76.3 Å². The molecule has 0 radical (unpaired) electrons. The van der Waals surface area contributed by atoms with E-state index in [1.165, 1.54) is 12.8 Å². The van der Waals surface area contributed by atoms with E-state index >= 15 is 0 Å². The second-order valence-electron chi connectivity index (χ2n) is 4.45. The number of allylic oxidation sites excluding steroid dienone is 1. The van der Waals surface area contributed by atoms with Crippen molar-refractivity contribution in [3.63, 3.8) is 0 Å². The van der Waals surface area contributed by atoms with Crippen LogP contribution in [0.3, 0.4) is 0 Å². The Bertz CT molecular complexity index is 226. The van der Waals surface area contributed by atoms with Crippen molar-refractivity contribution in [1.29, 1.82) is 0 Å². The van der Waals surface area contributed by atoms with Gasteiger partial charge in [0.15, 0.2) is 0 Å². The van der Waals surface area contributed by atoms with Crippen molar-refractivity contribution in [2.75, 3.05) is 0 Å². The summed E-state index contributed by atoms with van der Waals surface area (Å²) in [6.07, 6.45) is 5.84. The van der Waals surface area contributed by atoms with Crippen LogP contribution in [0.1, 0.15) is 38.5 Å². The minimum absolute atomic E-state index is 0.482. The molecule has 0 bridgehead atoms. The lowest BCUT2D eigenvalue weighted by atomic mass is 9.78. The first-order valence-electron chi connectivity index (χ1n) is 4.90. The van der Waals surface area contributed by atoms with Crippen molar-refractivity contribution >= 4 is 6.98 Å². The van der Waals surface area contributed by atoms with E-state index in [9.17, 15) is 12.9 Å². The standard InChI is InChI=1S/C9H13BF3/c11-10(12,13)7-8-1-3-9(4-2-8)5-6-9/h7H,1-6H2/q-1. The van der Waals surface area contributed by atoms with Gasteiger partial charge in [-0.15, -0.1) is 11.5 Å². The summed E-state index contributed by atoms with van der Waals surface area (Å²) in [6, 6.07) is 0. The molecule has 0 saturated heterocycles. The van der Waals surface area contributed by atoms with Gasteiger partial charge in [0.25, 0.3) is 0 Å². The van der Waals surface area contributed by atoms with Crippen LogP contribution in [0, 0.1) is 5.41 Å². The maximum Gasteiger partial charge on any atom is 0.502 e.